The van der Waals surface area contributed by atoms with Crippen LogP contribution in [0.1, 0.15) is 19.8 Å². The first-order valence-corrected chi connectivity index (χ1v) is 6.40. The summed E-state index contributed by atoms with van der Waals surface area (Å²) >= 11 is 0. The summed E-state index contributed by atoms with van der Waals surface area (Å²) in [6.45, 7) is 2.68. The largest absolute Gasteiger partial charge is 0.384 e. The molecule has 1 aromatic heterocycles. The molecule has 0 spiro atoms. The summed E-state index contributed by atoms with van der Waals surface area (Å²) in [7, 11) is 0. The molecule has 2 rings (SSSR count). The summed E-state index contributed by atoms with van der Waals surface area (Å²) in [6, 6.07) is 2.91. The van der Waals surface area contributed by atoms with Gasteiger partial charge in [0.2, 0.25) is 11.7 Å². The molecule has 1 fully saturated rings. The molecule has 0 aromatic carbocycles. The lowest BCUT2D eigenvalue weighted by molar-refractivity contribution is -0.384. The summed E-state index contributed by atoms with van der Waals surface area (Å²) in [5.74, 6) is 0.502. The number of hydrogen-bond donors (Lipinski definition) is 2. The number of aromatic nitrogens is 1. The number of piperidine rings is 1. The summed E-state index contributed by atoms with van der Waals surface area (Å²) in [5, 5.41) is 13.9. The number of amides is 1. The highest BCUT2D eigenvalue weighted by Gasteiger charge is 2.26. The SMILES string of the molecule is CC(=O)NC1CCN(c2nc(N)ccc2[N+](=O)[O-])CC1. The van der Waals surface area contributed by atoms with E-state index in [2.05, 4.69) is 10.3 Å². The van der Waals surface area contributed by atoms with Crippen molar-refractivity contribution < 1.29 is 9.72 Å². The second-order valence-corrected chi connectivity index (χ2v) is 4.80. The van der Waals surface area contributed by atoms with Gasteiger partial charge in [-0.05, 0) is 18.9 Å². The number of hydrogen-bond acceptors (Lipinski definition) is 6. The Hall–Kier alpha value is -2.38. The predicted octanol–water partition coefficient (Wildman–Crippen LogP) is 0.677. The van der Waals surface area contributed by atoms with Crippen LogP contribution in [0.15, 0.2) is 12.1 Å². The average Bonchev–Trinajstić information content (AvgIpc) is 2.38. The molecule has 0 atom stereocenters. The van der Waals surface area contributed by atoms with Gasteiger partial charge in [0.05, 0.1) is 4.92 Å². The summed E-state index contributed by atoms with van der Waals surface area (Å²) in [5.41, 5.74) is 5.57. The molecule has 0 bridgehead atoms. The monoisotopic (exact) mass is 279 g/mol. The molecule has 20 heavy (non-hydrogen) atoms. The number of carbonyl (C=O) groups excluding carboxylic acids is 1. The zero-order valence-corrected chi connectivity index (χ0v) is 11.2. The van der Waals surface area contributed by atoms with E-state index in [4.69, 9.17) is 5.73 Å². The maximum atomic E-state index is 11.0. The Morgan fingerprint density at radius 2 is 2.15 bits per heavy atom. The summed E-state index contributed by atoms with van der Waals surface area (Å²) in [6.07, 6.45) is 1.46. The van der Waals surface area contributed by atoms with Crippen molar-refractivity contribution in [2.24, 2.45) is 0 Å². The smallest absolute Gasteiger partial charge is 0.311 e. The van der Waals surface area contributed by atoms with Crippen LogP contribution in [0, 0.1) is 10.1 Å². The number of nitro groups is 1. The molecule has 0 unspecified atom stereocenters. The molecular weight excluding hydrogens is 262 g/mol. The van der Waals surface area contributed by atoms with Gasteiger partial charge in [-0.15, -0.1) is 0 Å². The van der Waals surface area contributed by atoms with Gasteiger partial charge in [0.25, 0.3) is 0 Å². The third kappa shape index (κ3) is 3.14. The molecule has 1 aromatic rings. The van der Waals surface area contributed by atoms with Crippen molar-refractivity contribution in [3.05, 3.63) is 22.2 Å². The van der Waals surface area contributed by atoms with Crippen LogP contribution in [0.5, 0.6) is 0 Å². The van der Waals surface area contributed by atoms with Gasteiger partial charge in [-0.2, -0.15) is 0 Å². The van der Waals surface area contributed by atoms with Crippen LogP contribution in [-0.2, 0) is 4.79 Å². The summed E-state index contributed by atoms with van der Waals surface area (Å²) < 4.78 is 0. The van der Waals surface area contributed by atoms with Crippen LogP contribution >= 0.6 is 0 Å². The van der Waals surface area contributed by atoms with E-state index in [0.29, 0.717) is 18.9 Å². The molecule has 1 amide bonds. The van der Waals surface area contributed by atoms with Gasteiger partial charge >= 0.3 is 5.69 Å². The third-order valence-electron chi connectivity index (χ3n) is 3.27. The fourth-order valence-corrected chi connectivity index (χ4v) is 2.35. The van der Waals surface area contributed by atoms with Crippen molar-refractivity contribution in [2.75, 3.05) is 23.7 Å². The normalized spacial score (nSPS) is 15.9. The number of rotatable bonds is 3. The highest BCUT2D eigenvalue weighted by molar-refractivity contribution is 5.73. The number of nitrogens with two attached hydrogens (primary N) is 1. The second-order valence-electron chi connectivity index (χ2n) is 4.80. The van der Waals surface area contributed by atoms with Gasteiger partial charge in [-0.25, -0.2) is 4.98 Å². The fourth-order valence-electron chi connectivity index (χ4n) is 2.35. The molecule has 108 valence electrons. The Morgan fingerprint density at radius 1 is 1.50 bits per heavy atom. The number of pyridine rings is 1. The Kier molecular flexibility index (Phi) is 4.02. The standard InChI is InChI=1S/C12H17N5O3/c1-8(18)14-9-4-6-16(7-5-9)12-10(17(19)20)2-3-11(13)15-12/h2-3,9H,4-7H2,1H3,(H2,13,15)(H,14,18). The van der Waals surface area contributed by atoms with E-state index < -0.39 is 4.92 Å². The fraction of sp³-hybridized carbons (Fsp3) is 0.500. The Balaban J connectivity index is 2.12. The zero-order valence-electron chi connectivity index (χ0n) is 11.2. The van der Waals surface area contributed by atoms with E-state index in [1.807, 2.05) is 4.90 Å². The van der Waals surface area contributed by atoms with E-state index >= 15 is 0 Å². The highest BCUT2D eigenvalue weighted by atomic mass is 16.6. The first-order chi connectivity index (χ1) is 9.47. The average molecular weight is 279 g/mol. The number of nitrogens with one attached hydrogen (secondary N) is 1. The van der Waals surface area contributed by atoms with Crippen LogP contribution in [0.2, 0.25) is 0 Å². The number of nitrogen functional groups attached to an aromatic ring is 1. The molecule has 1 aliphatic rings. The molecule has 0 radical (unpaired) electrons. The summed E-state index contributed by atoms with van der Waals surface area (Å²) in [4.78, 5) is 27.5. The third-order valence-corrected chi connectivity index (χ3v) is 3.27. The molecule has 8 nitrogen and oxygen atoms in total. The van der Waals surface area contributed by atoms with Crippen molar-refractivity contribution >= 4 is 23.2 Å². The zero-order chi connectivity index (χ0) is 14.7. The Bertz CT molecular complexity index is 526. The molecular formula is C12H17N5O3. The quantitative estimate of drug-likeness (QED) is 0.621. The molecule has 1 saturated heterocycles. The highest BCUT2D eigenvalue weighted by Crippen LogP contribution is 2.29. The van der Waals surface area contributed by atoms with Crippen LogP contribution < -0.4 is 16.0 Å². The molecule has 1 aliphatic heterocycles. The van der Waals surface area contributed by atoms with E-state index in [1.54, 1.807) is 0 Å². The van der Waals surface area contributed by atoms with Gasteiger partial charge < -0.3 is 16.0 Å². The Morgan fingerprint density at radius 3 is 2.70 bits per heavy atom. The lowest BCUT2D eigenvalue weighted by Gasteiger charge is -2.32. The van der Waals surface area contributed by atoms with Crippen molar-refractivity contribution in [1.82, 2.24) is 10.3 Å². The van der Waals surface area contributed by atoms with Crippen molar-refractivity contribution in [3.63, 3.8) is 0 Å². The topological polar surface area (TPSA) is 114 Å². The van der Waals surface area contributed by atoms with E-state index in [1.165, 1.54) is 19.1 Å². The minimum Gasteiger partial charge on any atom is -0.384 e. The first kappa shape index (κ1) is 14.0. The minimum atomic E-state index is -0.457. The lowest BCUT2D eigenvalue weighted by Crippen LogP contribution is -2.44. The van der Waals surface area contributed by atoms with Gasteiger partial charge in [0.15, 0.2) is 0 Å². The van der Waals surface area contributed by atoms with Crippen LogP contribution in [-0.4, -0.2) is 34.9 Å². The Labute approximate surface area is 116 Å². The first-order valence-electron chi connectivity index (χ1n) is 6.40. The van der Waals surface area contributed by atoms with Crippen LogP contribution in [0.25, 0.3) is 0 Å². The maximum absolute atomic E-state index is 11.0. The lowest BCUT2D eigenvalue weighted by atomic mass is 10.0. The van der Waals surface area contributed by atoms with Gasteiger partial charge in [0, 0.05) is 32.1 Å². The second kappa shape index (κ2) is 5.72. The van der Waals surface area contributed by atoms with E-state index in [-0.39, 0.29) is 23.5 Å². The van der Waals surface area contributed by atoms with Crippen LogP contribution in [0.3, 0.4) is 0 Å². The van der Waals surface area contributed by atoms with Gasteiger partial charge in [0.1, 0.15) is 5.82 Å². The maximum Gasteiger partial charge on any atom is 0.311 e. The number of nitrogens with zero attached hydrogens (tertiary/aromatic N) is 3. The number of anilines is 2. The predicted molar refractivity (Wildman–Crippen MR) is 74.4 cm³/mol. The molecule has 3 N–H and O–H groups in total. The van der Waals surface area contributed by atoms with Gasteiger partial charge in [-0.3, -0.25) is 14.9 Å². The van der Waals surface area contributed by atoms with E-state index in [9.17, 15) is 14.9 Å². The van der Waals surface area contributed by atoms with E-state index in [0.717, 1.165) is 12.8 Å². The molecule has 0 saturated carbocycles. The van der Waals surface area contributed by atoms with Gasteiger partial charge in [-0.1, -0.05) is 0 Å². The minimum absolute atomic E-state index is 0.0443. The number of carbonyl (C=O) groups is 1. The molecule has 0 aliphatic carbocycles. The molecule has 2 heterocycles. The van der Waals surface area contributed by atoms with Crippen molar-refractivity contribution in [3.8, 4) is 0 Å². The van der Waals surface area contributed by atoms with Crippen molar-refractivity contribution in [1.29, 1.82) is 0 Å². The molecule has 8 heteroatoms. The van der Waals surface area contributed by atoms with Crippen molar-refractivity contribution in [2.45, 2.75) is 25.8 Å². The van der Waals surface area contributed by atoms with Crippen LogP contribution in [0.4, 0.5) is 17.3 Å².